The van der Waals surface area contributed by atoms with Crippen LogP contribution >= 0.6 is 22.7 Å². The Labute approximate surface area is 119 Å². The first-order valence-corrected chi connectivity index (χ1v) is 7.97. The topological polar surface area (TPSA) is 62.2 Å². The average molecular weight is 294 g/mol. The van der Waals surface area contributed by atoms with Gasteiger partial charge in [-0.3, -0.25) is 0 Å². The fourth-order valence-corrected chi connectivity index (χ4v) is 4.05. The smallest absolute Gasteiger partial charge is 0.365 e. The van der Waals surface area contributed by atoms with Crippen molar-refractivity contribution >= 4 is 28.6 Å². The monoisotopic (exact) mass is 294 g/mol. The fourth-order valence-electron chi connectivity index (χ4n) is 2.41. The third-order valence-electron chi connectivity index (χ3n) is 3.32. The third kappa shape index (κ3) is 2.70. The molecule has 2 N–H and O–H groups in total. The third-order valence-corrected chi connectivity index (χ3v) is 5.19. The summed E-state index contributed by atoms with van der Waals surface area (Å²) in [4.78, 5) is 16.4. The van der Waals surface area contributed by atoms with Crippen LogP contribution in [0, 0.1) is 0 Å². The van der Waals surface area contributed by atoms with Gasteiger partial charge in [0.05, 0.1) is 5.69 Å². The average Bonchev–Trinajstić information content (AvgIpc) is 3.05. The van der Waals surface area contributed by atoms with E-state index in [2.05, 4.69) is 21.7 Å². The Hall–Kier alpha value is -1.24. The highest BCUT2D eigenvalue weighted by molar-refractivity contribution is 7.11. The lowest BCUT2D eigenvalue weighted by Crippen LogP contribution is -2.24. The van der Waals surface area contributed by atoms with Gasteiger partial charge in [-0.05, 0) is 36.3 Å². The molecule has 0 amide bonds. The summed E-state index contributed by atoms with van der Waals surface area (Å²) in [6, 6.07) is 2.57. The van der Waals surface area contributed by atoms with E-state index in [1.807, 2.05) is 16.7 Å². The Morgan fingerprint density at radius 1 is 1.53 bits per heavy atom. The van der Waals surface area contributed by atoms with E-state index >= 15 is 0 Å². The highest BCUT2D eigenvalue weighted by atomic mass is 32.1. The van der Waals surface area contributed by atoms with E-state index in [9.17, 15) is 4.79 Å². The molecular weight excluding hydrogens is 280 g/mol. The van der Waals surface area contributed by atoms with Gasteiger partial charge in [0.2, 0.25) is 5.01 Å². The highest BCUT2D eigenvalue weighted by Crippen LogP contribution is 2.33. The summed E-state index contributed by atoms with van der Waals surface area (Å²) >= 11 is 3.01. The lowest BCUT2D eigenvalue weighted by Gasteiger charge is -2.23. The Kier molecular flexibility index (Phi) is 3.63. The van der Waals surface area contributed by atoms with Crippen LogP contribution in [0.25, 0.3) is 0 Å². The summed E-state index contributed by atoms with van der Waals surface area (Å²) < 4.78 is 0. The lowest BCUT2D eigenvalue weighted by atomic mass is 9.94. The molecule has 2 aromatic rings. The molecule has 0 radical (unpaired) electrons. The van der Waals surface area contributed by atoms with Crippen molar-refractivity contribution in [2.24, 2.45) is 0 Å². The van der Waals surface area contributed by atoms with Gasteiger partial charge in [-0.25, -0.2) is 9.78 Å². The van der Waals surface area contributed by atoms with E-state index in [-0.39, 0.29) is 5.01 Å². The van der Waals surface area contributed by atoms with Crippen molar-refractivity contribution in [2.75, 3.05) is 0 Å². The standard InChI is InChI=1S/C13H14N2O2S2/c16-13(17)12-15-8(7-19-12)6-14-10-2-1-3-11-9(10)4-5-18-11/h4-5,7,10,14H,1-3,6H2,(H,16,17). The summed E-state index contributed by atoms with van der Waals surface area (Å²) in [5.41, 5.74) is 2.22. The van der Waals surface area contributed by atoms with Gasteiger partial charge in [0.1, 0.15) is 0 Å². The zero-order valence-electron chi connectivity index (χ0n) is 10.3. The summed E-state index contributed by atoms with van der Waals surface area (Å²) in [5, 5.41) is 16.5. The van der Waals surface area contributed by atoms with Gasteiger partial charge in [0, 0.05) is 22.8 Å². The number of carboxylic acid groups (broad SMARTS) is 1. The van der Waals surface area contributed by atoms with E-state index in [1.54, 1.807) is 0 Å². The summed E-state index contributed by atoms with van der Waals surface area (Å²) in [5.74, 6) is -0.950. The van der Waals surface area contributed by atoms with Crippen LogP contribution in [0.2, 0.25) is 0 Å². The Balaban J connectivity index is 1.65. The first-order valence-electron chi connectivity index (χ1n) is 6.21. The molecule has 0 fully saturated rings. The highest BCUT2D eigenvalue weighted by Gasteiger charge is 2.21. The molecule has 0 aromatic carbocycles. The lowest BCUT2D eigenvalue weighted by molar-refractivity contribution is 0.0696. The van der Waals surface area contributed by atoms with E-state index in [1.165, 1.54) is 34.6 Å². The summed E-state index contributed by atoms with van der Waals surface area (Å²) in [7, 11) is 0. The second-order valence-electron chi connectivity index (χ2n) is 4.57. The second-order valence-corrected chi connectivity index (χ2v) is 6.43. The minimum Gasteiger partial charge on any atom is -0.476 e. The van der Waals surface area contributed by atoms with Crippen LogP contribution in [0.5, 0.6) is 0 Å². The molecule has 2 aromatic heterocycles. The minimum absolute atomic E-state index is 0.164. The number of hydrogen-bond donors (Lipinski definition) is 2. The van der Waals surface area contributed by atoms with Gasteiger partial charge >= 0.3 is 5.97 Å². The predicted octanol–water partition coefficient (Wildman–Crippen LogP) is 3.07. The molecule has 19 heavy (non-hydrogen) atoms. The van der Waals surface area contributed by atoms with Crippen molar-refractivity contribution < 1.29 is 9.90 Å². The van der Waals surface area contributed by atoms with Gasteiger partial charge in [-0.1, -0.05) is 0 Å². The maximum atomic E-state index is 10.8. The van der Waals surface area contributed by atoms with Gasteiger partial charge < -0.3 is 10.4 Å². The van der Waals surface area contributed by atoms with Crippen molar-refractivity contribution in [1.82, 2.24) is 10.3 Å². The predicted molar refractivity (Wildman–Crippen MR) is 75.9 cm³/mol. The number of carboxylic acids is 1. The number of thiophene rings is 1. The van der Waals surface area contributed by atoms with E-state index in [4.69, 9.17) is 5.11 Å². The molecule has 100 valence electrons. The van der Waals surface area contributed by atoms with Gasteiger partial charge in [-0.15, -0.1) is 22.7 Å². The first kappa shape index (κ1) is 12.8. The largest absolute Gasteiger partial charge is 0.476 e. The number of aromatic nitrogens is 1. The molecule has 3 rings (SSSR count). The molecule has 0 aliphatic heterocycles. The summed E-state index contributed by atoms with van der Waals surface area (Å²) in [6.07, 6.45) is 3.54. The van der Waals surface area contributed by atoms with Crippen molar-refractivity contribution in [2.45, 2.75) is 31.8 Å². The number of carbonyl (C=O) groups is 1. The maximum Gasteiger partial charge on any atom is 0.365 e. The number of aromatic carboxylic acids is 1. The van der Waals surface area contributed by atoms with Crippen LogP contribution in [0.3, 0.4) is 0 Å². The number of fused-ring (bicyclic) bond motifs is 1. The van der Waals surface area contributed by atoms with Crippen LogP contribution in [0.4, 0.5) is 0 Å². The number of thiazole rings is 1. The normalized spacial score (nSPS) is 18.2. The molecule has 2 heterocycles. The number of hydrogen-bond acceptors (Lipinski definition) is 5. The van der Waals surface area contributed by atoms with Crippen molar-refractivity contribution in [3.8, 4) is 0 Å². The minimum atomic E-state index is -0.950. The Bertz CT molecular complexity index is 591. The molecule has 1 aliphatic rings. The molecule has 0 saturated carbocycles. The van der Waals surface area contributed by atoms with Crippen LogP contribution in [0.1, 0.15) is 44.8 Å². The van der Waals surface area contributed by atoms with Gasteiger partial charge in [0.15, 0.2) is 0 Å². The van der Waals surface area contributed by atoms with Crippen LogP contribution in [-0.4, -0.2) is 16.1 Å². The van der Waals surface area contributed by atoms with E-state index in [0.717, 1.165) is 12.1 Å². The fraction of sp³-hybridized carbons (Fsp3) is 0.385. The van der Waals surface area contributed by atoms with E-state index in [0.29, 0.717) is 12.6 Å². The molecular formula is C13H14N2O2S2. The molecule has 1 aliphatic carbocycles. The van der Waals surface area contributed by atoms with Crippen molar-refractivity contribution in [3.63, 3.8) is 0 Å². The van der Waals surface area contributed by atoms with Gasteiger partial charge in [-0.2, -0.15) is 0 Å². The number of nitrogens with zero attached hydrogens (tertiary/aromatic N) is 1. The zero-order valence-corrected chi connectivity index (χ0v) is 11.9. The zero-order chi connectivity index (χ0) is 13.2. The molecule has 6 heteroatoms. The van der Waals surface area contributed by atoms with Gasteiger partial charge in [0.25, 0.3) is 0 Å². The summed E-state index contributed by atoms with van der Waals surface area (Å²) in [6.45, 7) is 0.629. The number of aryl methyl sites for hydroxylation is 1. The number of rotatable bonds is 4. The van der Waals surface area contributed by atoms with Crippen molar-refractivity contribution in [1.29, 1.82) is 0 Å². The van der Waals surface area contributed by atoms with Crippen LogP contribution in [-0.2, 0) is 13.0 Å². The quantitative estimate of drug-likeness (QED) is 0.909. The van der Waals surface area contributed by atoms with Crippen LogP contribution in [0.15, 0.2) is 16.8 Å². The Morgan fingerprint density at radius 2 is 2.42 bits per heavy atom. The molecule has 1 unspecified atom stereocenters. The molecule has 0 saturated heterocycles. The van der Waals surface area contributed by atoms with Crippen LogP contribution < -0.4 is 5.32 Å². The SMILES string of the molecule is O=C(O)c1nc(CNC2CCCc3sccc32)cs1. The van der Waals surface area contributed by atoms with Crippen molar-refractivity contribution in [3.05, 3.63) is 38.0 Å². The number of nitrogens with one attached hydrogen (secondary N) is 1. The van der Waals surface area contributed by atoms with E-state index < -0.39 is 5.97 Å². The molecule has 0 bridgehead atoms. The molecule has 4 nitrogen and oxygen atoms in total. The Morgan fingerprint density at radius 3 is 3.21 bits per heavy atom. The molecule has 0 spiro atoms. The molecule has 1 atom stereocenters. The maximum absolute atomic E-state index is 10.8. The first-order chi connectivity index (χ1) is 9.24. The second kappa shape index (κ2) is 5.40.